The molecule has 1 atom stereocenters. The topological polar surface area (TPSA) is 78.2 Å². The van der Waals surface area contributed by atoms with E-state index in [0.29, 0.717) is 35.8 Å². The van der Waals surface area contributed by atoms with Gasteiger partial charge in [-0.2, -0.15) is 0 Å². The van der Waals surface area contributed by atoms with E-state index in [4.69, 9.17) is 14.3 Å². The molecule has 0 amide bonds. The fourth-order valence-electron chi connectivity index (χ4n) is 4.67. The van der Waals surface area contributed by atoms with Crippen molar-refractivity contribution in [2.24, 2.45) is 5.16 Å². The number of piperidine rings is 1. The number of benzene rings is 2. The van der Waals surface area contributed by atoms with Crippen LogP contribution in [0.2, 0.25) is 0 Å². The quantitative estimate of drug-likeness (QED) is 0.430. The van der Waals surface area contributed by atoms with Gasteiger partial charge in [0.2, 0.25) is 0 Å². The Morgan fingerprint density at radius 3 is 2.76 bits per heavy atom. The van der Waals surface area contributed by atoms with Crippen molar-refractivity contribution in [2.75, 3.05) is 20.3 Å². The second kappa shape index (κ2) is 10.0. The van der Waals surface area contributed by atoms with Gasteiger partial charge in [-0.3, -0.25) is 0 Å². The summed E-state index contributed by atoms with van der Waals surface area (Å²) in [7, 11) is 1.57. The van der Waals surface area contributed by atoms with E-state index in [1.165, 1.54) is 24.3 Å². The third kappa shape index (κ3) is 4.32. The maximum Gasteiger partial charge on any atom is 0.380 e. The fraction of sp³-hybridized carbons (Fsp3) is 0.296. The molecule has 0 radical (unpaired) electrons. The highest BCUT2D eigenvalue weighted by Crippen LogP contribution is 2.41. The minimum Gasteiger partial charge on any atom is -0.495 e. The van der Waals surface area contributed by atoms with E-state index in [0.717, 1.165) is 23.2 Å². The number of methoxy groups -OCH3 is 1. The van der Waals surface area contributed by atoms with Crippen LogP contribution >= 0.6 is 0 Å². The Hall–Kier alpha value is -4.21. The van der Waals surface area contributed by atoms with Crippen LogP contribution in [-0.4, -0.2) is 46.5 Å². The molecule has 0 N–H and O–H groups in total. The van der Waals surface area contributed by atoms with Crippen molar-refractivity contribution < 1.29 is 27.9 Å². The number of carbonyl (C=O) groups is 1. The zero-order valence-electron chi connectivity index (χ0n) is 20.5. The minimum absolute atomic E-state index is 0.160. The molecule has 1 unspecified atom stereocenters. The van der Waals surface area contributed by atoms with Gasteiger partial charge in [0.05, 0.1) is 31.4 Å². The summed E-state index contributed by atoms with van der Waals surface area (Å²) in [5.41, 5.74) is 1.59. The van der Waals surface area contributed by atoms with Gasteiger partial charge in [-0.25, -0.2) is 18.6 Å². The molecule has 0 aliphatic carbocycles. The first-order valence-electron chi connectivity index (χ1n) is 12.0. The van der Waals surface area contributed by atoms with Gasteiger partial charge in [-0.15, -0.1) is 0 Å². The van der Waals surface area contributed by atoms with Crippen molar-refractivity contribution in [1.82, 2.24) is 14.5 Å². The summed E-state index contributed by atoms with van der Waals surface area (Å²) in [6.07, 6.45) is 6.58. The average Bonchev–Trinajstić information content (AvgIpc) is 3.56. The maximum atomic E-state index is 13.7. The number of oxime groups is 1. The Morgan fingerprint density at radius 2 is 2.05 bits per heavy atom. The number of halogens is 2. The lowest BCUT2D eigenvalue weighted by molar-refractivity contribution is -0.189. The van der Waals surface area contributed by atoms with Crippen LogP contribution in [0.4, 0.5) is 8.78 Å². The molecule has 192 valence electrons. The van der Waals surface area contributed by atoms with E-state index in [9.17, 15) is 13.6 Å². The van der Waals surface area contributed by atoms with Crippen LogP contribution in [0, 0.1) is 5.82 Å². The van der Waals surface area contributed by atoms with Crippen LogP contribution in [-0.2, 0) is 26.8 Å². The van der Waals surface area contributed by atoms with Crippen LogP contribution in [0.25, 0.3) is 11.8 Å². The molecule has 1 fully saturated rings. The number of aromatic nitrogens is 2. The molecule has 8 nitrogen and oxygen atoms in total. The summed E-state index contributed by atoms with van der Waals surface area (Å²) < 4.78 is 39.3. The van der Waals surface area contributed by atoms with Gasteiger partial charge in [0.15, 0.2) is 5.84 Å². The maximum absolute atomic E-state index is 13.7. The summed E-state index contributed by atoms with van der Waals surface area (Å²) in [5.74, 6) is 0.0752. The van der Waals surface area contributed by atoms with E-state index in [2.05, 4.69) is 10.1 Å². The van der Waals surface area contributed by atoms with E-state index in [-0.39, 0.29) is 6.61 Å². The molecule has 2 aliphatic rings. The number of carbonyl (C=O) groups excluding carboxylic acids is 1. The number of rotatable bonds is 7. The van der Waals surface area contributed by atoms with Crippen molar-refractivity contribution in [1.29, 1.82) is 0 Å². The summed E-state index contributed by atoms with van der Waals surface area (Å²) in [6, 6.07) is 11.2. The zero-order chi connectivity index (χ0) is 26.0. The average molecular weight is 509 g/mol. The number of ether oxygens (including phenoxy) is 2. The molecular formula is C27H26F2N4O4. The predicted molar refractivity (Wildman–Crippen MR) is 132 cm³/mol. The molecule has 2 aromatic carbocycles. The SMILES string of the molecule is CCOC(=O)C1(c2ccc(F)cc2)ON=C2/C(=C/c3ccc(-n4cnc(CF)c4)c(OC)c3)CCCN21. The van der Waals surface area contributed by atoms with Crippen molar-refractivity contribution in [2.45, 2.75) is 32.2 Å². The lowest BCUT2D eigenvalue weighted by Gasteiger charge is -2.37. The number of alkyl halides is 1. The largest absolute Gasteiger partial charge is 0.495 e. The number of esters is 1. The van der Waals surface area contributed by atoms with E-state index < -0.39 is 24.2 Å². The number of fused-ring (bicyclic) bond motifs is 1. The highest BCUT2D eigenvalue weighted by atomic mass is 19.1. The van der Waals surface area contributed by atoms with Gasteiger partial charge in [-0.1, -0.05) is 11.2 Å². The molecule has 10 heteroatoms. The molecule has 1 aromatic heterocycles. The normalized spacial score (nSPS) is 19.8. The minimum atomic E-state index is -1.63. The van der Waals surface area contributed by atoms with Gasteiger partial charge in [0, 0.05) is 18.3 Å². The predicted octanol–water partition coefficient (Wildman–Crippen LogP) is 4.73. The third-order valence-corrected chi connectivity index (χ3v) is 6.40. The summed E-state index contributed by atoms with van der Waals surface area (Å²) in [5, 5.41) is 4.31. The second-order valence-electron chi connectivity index (χ2n) is 8.64. The Labute approximate surface area is 212 Å². The lowest BCUT2D eigenvalue weighted by Crippen LogP contribution is -2.54. The van der Waals surface area contributed by atoms with Crippen molar-refractivity contribution >= 4 is 17.9 Å². The van der Waals surface area contributed by atoms with E-state index in [1.54, 1.807) is 36.0 Å². The van der Waals surface area contributed by atoms with Gasteiger partial charge in [0.25, 0.3) is 0 Å². The number of amidine groups is 1. The summed E-state index contributed by atoms with van der Waals surface area (Å²) in [6.45, 7) is 1.73. The molecule has 1 saturated heterocycles. The first-order valence-corrected chi connectivity index (χ1v) is 12.0. The number of nitrogens with zero attached hydrogens (tertiary/aromatic N) is 4. The van der Waals surface area contributed by atoms with Crippen LogP contribution < -0.4 is 4.74 Å². The van der Waals surface area contributed by atoms with Crippen molar-refractivity contribution in [3.05, 3.63) is 83.2 Å². The first kappa shape index (κ1) is 24.5. The lowest BCUT2D eigenvalue weighted by atomic mass is 9.94. The highest BCUT2D eigenvalue weighted by Gasteiger charge is 2.57. The Balaban J connectivity index is 1.49. The first-order chi connectivity index (χ1) is 18.0. The number of imidazole rings is 1. The molecule has 37 heavy (non-hydrogen) atoms. The molecule has 0 bridgehead atoms. The molecule has 3 heterocycles. The second-order valence-corrected chi connectivity index (χ2v) is 8.64. The monoisotopic (exact) mass is 508 g/mol. The molecule has 3 aromatic rings. The van der Waals surface area contributed by atoms with Gasteiger partial charge in [-0.05, 0) is 73.4 Å². The van der Waals surface area contributed by atoms with Crippen LogP contribution in [0.15, 0.2) is 65.7 Å². The third-order valence-electron chi connectivity index (χ3n) is 6.40. The Kier molecular flexibility index (Phi) is 6.64. The highest BCUT2D eigenvalue weighted by molar-refractivity contribution is 6.06. The van der Waals surface area contributed by atoms with Gasteiger partial charge in [0.1, 0.15) is 18.2 Å². The zero-order valence-corrected chi connectivity index (χ0v) is 20.5. The smallest absolute Gasteiger partial charge is 0.380 e. The molecule has 5 rings (SSSR count). The fourth-order valence-corrected chi connectivity index (χ4v) is 4.67. The molecule has 2 aliphatic heterocycles. The molecule has 0 saturated carbocycles. The van der Waals surface area contributed by atoms with Gasteiger partial charge >= 0.3 is 11.7 Å². The van der Waals surface area contributed by atoms with Crippen molar-refractivity contribution in [3.8, 4) is 11.4 Å². The molecular weight excluding hydrogens is 482 g/mol. The molecule has 0 spiro atoms. The summed E-state index contributed by atoms with van der Waals surface area (Å²) >= 11 is 0. The Bertz CT molecular complexity index is 1370. The van der Waals surface area contributed by atoms with Crippen molar-refractivity contribution in [3.63, 3.8) is 0 Å². The number of hydrogen-bond acceptors (Lipinski definition) is 7. The van der Waals surface area contributed by atoms with E-state index in [1.807, 2.05) is 24.3 Å². The van der Waals surface area contributed by atoms with Crippen LogP contribution in [0.5, 0.6) is 5.75 Å². The van der Waals surface area contributed by atoms with Gasteiger partial charge < -0.3 is 23.8 Å². The number of hydrogen-bond donors (Lipinski definition) is 0. The Morgan fingerprint density at radius 1 is 1.24 bits per heavy atom. The van der Waals surface area contributed by atoms with Crippen LogP contribution in [0.3, 0.4) is 0 Å². The van der Waals surface area contributed by atoms with E-state index >= 15 is 0 Å². The standard InChI is InChI=1S/C27H26F2N4O4/c1-3-36-26(34)27(20-7-9-21(29)10-8-20)33-12-4-5-19(25(33)31-37-27)13-18-6-11-23(24(14-18)35-2)32-16-22(15-28)30-17-32/h6-11,13-14,16-17H,3-5,12,15H2,1-2H3/b19-13+. The summed E-state index contributed by atoms with van der Waals surface area (Å²) in [4.78, 5) is 24.9. The van der Waals surface area contributed by atoms with Crippen LogP contribution in [0.1, 0.15) is 36.6 Å².